The van der Waals surface area contributed by atoms with Gasteiger partial charge in [0.1, 0.15) is 5.75 Å². The van der Waals surface area contributed by atoms with Gasteiger partial charge in [-0.2, -0.15) is 0 Å². The summed E-state index contributed by atoms with van der Waals surface area (Å²) < 4.78 is 40.7. The number of ether oxygens (including phenoxy) is 1. The van der Waals surface area contributed by atoms with Crippen molar-refractivity contribution in [3.8, 4) is 5.75 Å². The molecule has 2 aromatic carbocycles. The first kappa shape index (κ1) is 16.4. The third kappa shape index (κ3) is 2.96. The van der Waals surface area contributed by atoms with Crippen molar-refractivity contribution >= 4 is 18.0 Å². The van der Waals surface area contributed by atoms with Gasteiger partial charge in [-0.15, -0.1) is 13.2 Å². The van der Waals surface area contributed by atoms with Crippen LogP contribution in [-0.4, -0.2) is 18.3 Å². The predicted molar refractivity (Wildman–Crippen MR) is 90.3 cm³/mol. The smallest absolute Gasteiger partial charge is 0.406 e. The molecule has 26 heavy (non-hydrogen) atoms. The van der Waals surface area contributed by atoms with Gasteiger partial charge in [0.25, 0.3) is 0 Å². The van der Waals surface area contributed by atoms with E-state index in [0.717, 1.165) is 22.4 Å². The van der Waals surface area contributed by atoms with Gasteiger partial charge in [-0.05, 0) is 34.9 Å². The number of halogens is 3. The number of fused-ring (bicyclic) bond motifs is 3. The molecule has 0 bridgehead atoms. The Hall–Kier alpha value is -3.09. The van der Waals surface area contributed by atoms with Crippen molar-refractivity contribution in [1.29, 1.82) is 5.41 Å². The molecule has 1 heterocycles. The van der Waals surface area contributed by atoms with E-state index in [0.29, 0.717) is 5.56 Å². The number of rotatable bonds is 3. The summed E-state index contributed by atoms with van der Waals surface area (Å²) in [5.41, 5.74) is 4.18. The summed E-state index contributed by atoms with van der Waals surface area (Å²) in [5, 5.41) is 11.5. The molecular weight excluding hydrogens is 345 g/mol. The van der Waals surface area contributed by atoms with E-state index in [1.165, 1.54) is 18.3 Å². The van der Waals surface area contributed by atoms with Crippen LogP contribution in [0.1, 0.15) is 28.4 Å². The van der Waals surface area contributed by atoms with Crippen molar-refractivity contribution in [2.24, 2.45) is 11.1 Å². The Morgan fingerprint density at radius 2 is 1.88 bits per heavy atom. The maximum atomic E-state index is 12.3. The van der Waals surface area contributed by atoms with E-state index in [9.17, 15) is 13.2 Å². The Kier molecular flexibility index (Phi) is 3.79. The molecule has 0 saturated carbocycles. The van der Waals surface area contributed by atoms with Crippen LogP contribution in [-0.2, 0) is 4.84 Å². The second-order valence-electron chi connectivity index (χ2n) is 6.00. The Morgan fingerprint density at radius 1 is 1.12 bits per heavy atom. The number of alkyl halides is 3. The van der Waals surface area contributed by atoms with Crippen molar-refractivity contribution in [2.75, 3.05) is 0 Å². The zero-order chi connectivity index (χ0) is 18.3. The topological polar surface area (TPSA) is 54.7 Å². The molecule has 2 atom stereocenters. The Balaban J connectivity index is 1.58. The summed E-state index contributed by atoms with van der Waals surface area (Å²) >= 11 is 0. The fourth-order valence-corrected chi connectivity index (χ4v) is 3.18. The lowest BCUT2D eigenvalue weighted by Gasteiger charge is -2.20. The highest BCUT2D eigenvalue weighted by atomic mass is 19.4. The molecular formula is C19H13F3N2O2. The predicted octanol–water partition coefficient (Wildman–Crippen LogP) is 4.70. The van der Waals surface area contributed by atoms with Gasteiger partial charge in [-0.3, -0.25) is 0 Å². The van der Waals surface area contributed by atoms with Crippen LogP contribution in [0.2, 0.25) is 0 Å². The van der Waals surface area contributed by atoms with Crippen molar-refractivity contribution < 1.29 is 22.7 Å². The highest BCUT2D eigenvalue weighted by molar-refractivity contribution is 6.09. The summed E-state index contributed by atoms with van der Waals surface area (Å²) in [6.07, 6.45) is 0.0752. The normalized spacial score (nSPS) is 20.7. The maximum absolute atomic E-state index is 12.3. The van der Waals surface area contributed by atoms with Gasteiger partial charge >= 0.3 is 6.36 Å². The molecule has 0 amide bonds. The average Bonchev–Trinajstić information content (AvgIpc) is 3.05. The van der Waals surface area contributed by atoms with E-state index in [2.05, 4.69) is 9.89 Å². The number of nitrogens with one attached hydrogen (secondary N) is 1. The summed E-state index contributed by atoms with van der Waals surface area (Å²) in [4.78, 5) is 5.57. The molecule has 1 aliphatic carbocycles. The summed E-state index contributed by atoms with van der Waals surface area (Å²) in [6, 6.07) is 11.3. The Morgan fingerprint density at radius 3 is 2.58 bits per heavy atom. The Labute approximate surface area is 147 Å². The van der Waals surface area contributed by atoms with Gasteiger partial charge in [-0.25, -0.2) is 0 Å². The fourth-order valence-electron chi connectivity index (χ4n) is 3.18. The average molecular weight is 358 g/mol. The maximum Gasteiger partial charge on any atom is 0.573 e. The van der Waals surface area contributed by atoms with Gasteiger partial charge in [0.15, 0.2) is 6.10 Å². The first-order valence-corrected chi connectivity index (χ1v) is 7.87. The second kappa shape index (κ2) is 6.01. The third-order valence-corrected chi connectivity index (χ3v) is 4.35. The minimum absolute atomic E-state index is 0.122. The summed E-state index contributed by atoms with van der Waals surface area (Å²) in [7, 11) is 0. The summed E-state index contributed by atoms with van der Waals surface area (Å²) in [5.74, 6) is -0.396. The SMILES string of the molecule is N=Cc1ccc2c(c1)C=CC1C2=NOC1c1ccc(OC(F)(F)F)cc1. The molecule has 0 fully saturated rings. The standard InChI is InChI=1S/C19H13F3N2O2/c20-19(21,22)25-14-5-2-12(3-6-14)18-16-8-4-13-9-11(10-23)1-7-15(13)17(16)24-26-18/h1-10,16,18,23H. The molecule has 0 radical (unpaired) electrons. The van der Waals surface area contributed by atoms with Crippen LogP contribution in [0, 0.1) is 11.3 Å². The first-order valence-electron chi connectivity index (χ1n) is 7.87. The van der Waals surface area contributed by atoms with Crippen LogP contribution in [0.3, 0.4) is 0 Å². The number of hydrogen-bond acceptors (Lipinski definition) is 4. The zero-order valence-corrected chi connectivity index (χ0v) is 13.3. The van der Waals surface area contributed by atoms with Gasteiger partial charge in [0.05, 0.1) is 11.6 Å². The van der Waals surface area contributed by atoms with Crippen molar-refractivity contribution in [2.45, 2.75) is 12.5 Å². The number of oxime groups is 1. The molecule has 2 unspecified atom stereocenters. The van der Waals surface area contributed by atoms with Crippen LogP contribution in [0.4, 0.5) is 13.2 Å². The number of benzene rings is 2. The van der Waals surface area contributed by atoms with Crippen LogP contribution < -0.4 is 4.74 Å². The molecule has 1 aliphatic heterocycles. The zero-order valence-electron chi connectivity index (χ0n) is 13.3. The van der Waals surface area contributed by atoms with Crippen molar-refractivity contribution in [1.82, 2.24) is 0 Å². The van der Waals surface area contributed by atoms with E-state index in [1.807, 2.05) is 30.4 Å². The van der Waals surface area contributed by atoms with E-state index in [-0.39, 0.29) is 11.7 Å². The molecule has 0 spiro atoms. The quantitative estimate of drug-likeness (QED) is 0.809. The largest absolute Gasteiger partial charge is 0.573 e. The minimum Gasteiger partial charge on any atom is -0.406 e. The fraction of sp³-hybridized carbons (Fsp3) is 0.158. The van der Waals surface area contributed by atoms with Gasteiger partial charge in [0, 0.05) is 11.8 Å². The lowest BCUT2D eigenvalue weighted by Crippen LogP contribution is -2.20. The lowest BCUT2D eigenvalue weighted by atomic mass is 9.82. The highest BCUT2D eigenvalue weighted by Gasteiger charge is 2.37. The van der Waals surface area contributed by atoms with Crippen LogP contribution >= 0.6 is 0 Å². The van der Waals surface area contributed by atoms with E-state index < -0.39 is 12.5 Å². The molecule has 7 heteroatoms. The molecule has 2 aliphatic rings. The van der Waals surface area contributed by atoms with E-state index >= 15 is 0 Å². The van der Waals surface area contributed by atoms with Crippen LogP contribution in [0.25, 0.3) is 6.08 Å². The molecule has 2 aromatic rings. The molecule has 0 saturated heterocycles. The van der Waals surface area contributed by atoms with Gasteiger partial charge < -0.3 is 15.0 Å². The molecule has 4 rings (SSSR count). The molecule has 4 nitrogen and oxygen atoms in total. The highest BCUT2D eigenvalue weighted by Crippen LogP contribution is 2.40. The van der Waals surface area contributed by atoms with Crippen LogP contribution in [0.5, 0.6) is 5.75 Å². The minimum atomic E-state index is -4.72. The molecule has 0 aromatic heterocycles. The van der Waals surface area contributed by atoms with E-state index in [4.69, 9.17) is 10.2 Å². The van der Waals surface area contributed by atoms with Crippen molar-refractivity contribution in [3.63, 3.8) is 0 Å². The van der Waals surface area contributed by atoms with Gasteiger partial charge in [0.2, 0.25) is 0 Å². The van der Waals surface area contributed by atoms with E-state index in [1.54, 1.807) is 12.1 Å². The first-order chi connectivity index (χ1) is 12.4. The number of nitrogens with zero attached hydrogens (tertiary/aromatic N) is 1. The second-order valence-corrected chi connectivity index (χ2v) is 6.00. The summed E-state index contributed by atoms with van der Waals surface area (Å²) in [6.45, 7) is 0. The van der Waals surface area contributed by atoms with Crippen LogP contribution in [0.15, 0.2) is 53.7 Å². The monoisotopic (exact) mass is 358 g/mol. The lowest BCUT2D eigenvalue weighted by molar-refractivity contribution is -0.274. The number of hydrogen-bond donors (Lipinski definition) is 1. The Bertz CT molecular complexity index is 917. The van der Waals surface area contributed by atoms with Crippen molar-refractivity contribution in [3.05, 3.63) is 70.8 Å². The third-order valence-electron chi connectivity index (χ3n) is 4.35. The molecule has 1 N–H and O–H groups in total. The van der Waals surface area contributed by atoms with Gasteiger partial charge in [-0.1, -0.05) is 41.6 Å². The molecule has 132 valence electrons.